The molecule has 1 fully saturated rings. The lowest BCUT2D eigenvalue weighted by Gasteiger charge is -2.27. The summed E-state index contributed by atoms with van der Waals surface area (Å²) in [5.74, 6) is -1.10. The quantitative estimate of drug-likeness (QED) is 0.526. The minimum Gasteiger partial charge on any atom is -0.511 e. The van der Waals surface area contributed by atoms with E-state index in [1.807, 2.05) is 0 Å². The highest BCUT2D eigenvalue weighted by molar-refractivity contribution is 6.19. The maximum absolute atomic E-state index is 11.6. The molecule has 2 rings (SSSR count). The minimum atomic E-state index is -0.518. The normalized spacial score (nSPS) is 29.8. The summed E-state index contributed by atoms with van der Waals surface area (Å²) < 4.78 is 0. The molecule has 0 spiro atoms. The zero-order chi connectivity index (χ0) is 11.0. The van der Waals surface area contributed by atoms with Crippen molar-refractivity contribution in [3.05, 3.63) is 11.3 Å². The first-order valence-corrected chi connectivity index (χ1v) is 5.11. The number of amides is 2. The van der Waals surface area contributed by atoms with Gasteiger partial charge in [0.2, 0.25) is 0 Å². The van der Waals surface area contributed by atoms with Crippen LogP contribution in [0.3, 0.4) is 0 Å². The average molecular weight is 210 g/mol. The highest BCUT2D eigenvalue weighted by Gasteiger charge is 2.40. The molecule has 0 aromatic rings. The van der Waals surface area contributed by atoms with Crippen LogP contribution in [0, 0.1) is 5.92 Å². The summed E-state index contributed by atoms with van der Waals surface area (Å²) in [5.41, 5.74) is -0.124. The van der Waals surface area contributed by atoms with Gasteiger partial charge in [-0.3, -0.25) is 9.59 Å². The van der Waals surface area contributed by atoms with Crippen molar-refractivity contribution in [1.29, 1.82) is 0 Å². The molecule has 0 bridgehead atoms. The van der Waals surface area contributed by atoms with E-state index < -0.39 is 11.8 Å². The molecule has 15 heavy (non-hydrogen) atoms. The number of nitrogens with one attached hydrogen (secondary N) is 2. The monoisotopic (exact) mass is 210 g/mol. The molecule has 1 heterocycles. The van der Waals surface area contributed by atoms with Crippen molar-refractivity contribution < 1.29 is 14.7 Å². The molecular weight excluding hydrogens is 196 g/mol. The summed E-state index contributed by atoms with van der Waals surface area (Å²) in [6.07, 6.45) is 2.68. The second kappa shape index (κ2) is 3.56. The van der Waals surface area contributed by atoms with Crippen molar-refractivity contribution in [3.8, 4) is 0 Å². The van der Waals surface area contributed by atoms with Crippen molar-refractivity contribution in [2.24, 2.45) is 5.92 Å². The molecule has 82 valence electrons. The lowest BCUT2D eigenvalue weighted by atomic mass is 9.92. The van der Waals surface area contributed by atoms with Gasteiger partial charge in [0.15, 0.2) is 0 Å². The third-order valence-electron chi connectivity index (χ3n) is 3.12. The molecule has 3 N–H and O–H groups in total. The van der Waals surface area contributed by atoms with E-state index in [0.29, 0.717) is 0 Å². The van der Waals surface area contributed by atoms with E-state index in [0.717, 1.165) is 19.3 Å². The van der Waals surface area contributed by atoms with Crippen molar-refractivity contribution in [3.63, 3.8) is 0 Å². The molecule has 0 aromatic carbocycles. The fourth-order valence-electron chi connectivity index (χ4n) is 2.35. The van der Waals surface area contributed by atoms with Crippen LogP contribution in [0.15, 0.2) is 11.3 Å². The van der Waals surface area contributed by atoms with Crippen LogP contribution >= 0.6 is 0 Å². The van der Waals surface area contributed by atoms with E-state index in [4.69, 9.17) is 0 Å². The molecular formula is C10H14N2O3. The van der Waals surface area contributed by atoms with Crippen LogP contribution in [-0.4, -0.2) is 30.0 Å². The Morgan fingerprint density at radius 2 is 2.27 bits per heavy atom. The van der Waals surface area contributed by atoms with Gasteiger partial charge in [0, 0.05) is 19.0 Å². The average Bonchev–Trinajstić information content (AvgIpc) is 2.65. The van der Waals surface area contributed by atoms with Gasteiger partial charge in [0.25, 0.3) is 11.8 Å². The molecule has 1 aliphatic heterocycles. The lowest BCUT2D eigenvalue weighted by molar-refractivity contribution is -0.125. The molecule has 2 aliphatic rings. The molecule has 2 amide bonds. The van der Waals surface area contributed by atoms with Crippen LogP contribution < -0.4 is 10.6 Å². The largest absolute Gasteiger partial charge is 0.511 e. The molecule has 0 radical (unpaired) electrons. The Kier molecular flexibility index (Phi) is 2.38. The number of carbonyl (C=O) groups excluding carboxylic acids is 2. The zero-order valence-corrected chi connectivity index (χ0v) is 8.54. The van der Waals surface area contributed by atoms with Crippen LogP contribution in [0.2, 0.25) is 0 Å². The number of carbonyl (C=O) groups is 2. The van der Waals surface area contributed by atoms with E-state index in [1.165, 1.54) is 7.05 Å². The van der Waals surface area contributed by atoms with Gasteiger partial charge in [-0.1, -0.05) is 6.42 Å². The number of fused-ring (bicyclic) bond motifs is 1. The second-order valence-electron chi connectivity index (χ2n) is 3.96. The minimum absolute atomic E-state index is 0.00547. The molecule has 0 saturated heterocycles. The van der Waals surface area contributed by atoms with Crippen molar-refractivity contribution in [1.82, 2.24) is 10.6 Å². The number of aliphatic hydroxyl groups excluding tert-OH is 1. The zero-order valence-electron chi connectivity index (χ0n) is 8.54. The Morgan fingerprint density at radius 1 is 1.53 bits per heavy atom. The molecule has 2 unspecified atom stereocenters. The number of aliphatic hydroxyl groups is 1. The van der Waals surface area contributed by atoms with Crippen LogP contribution in [0.25, 0.3) is 0 Å². The topological polar surface area (TPSA) is 78.4 Å². The van der Waals surface area contributed by atoms with Crippen molar-refractivity contribution in [2.75, 3.05) is 7.05 Å². The van der Waals surface area contributed by atoms with Gasteiger partial charge < -0.3 is 15.7 Å². The van der Waals surface area contributed by atoms with Gasteiger partial charge >= 0.3 is 0 Å². The molecule has 5 nitrogen and oxygen atoms in total. The van der Waals surface area contributed by atoms with Gasteiger partial charge in [0.05, 0.1) is 0 Å². The predicted octanol–water partition coefficient (Wildman–Crippen LogP) is -0.157. The van der Waals surface area contributed by atoms with Crippen LogP contribution in [0.4, 0.5) is 0 Å². The predicted molar refractivity (Wildman–Crippen MR) is 53.0 cm³/mol. The smallest absolute Gasteiger partial charge is 0.260 e. The Hall–Kier alpha value is -1.52. The van der Waals surface area contributed by atoms with E-state index >= 15 is 0 Å². The van der Waals surface area contributed by atoms with Gasteiger partial charge in [-0.15, -0.1) is 0 Å². The standard InChI is InChI=1S/C10H14N2O3/c1-11-9(14)7-8(13)5-3-2-4-6(5)12-10(7)15/h5-6,13H,2-4H2,1H3,(H,11,14)(H,12,15). The van der Waals surface area contributed by atoms with Gasteiger partial charge in [-0.2, -0.15) is 0 Å². The summed E-state index contributed by atoms with van der Waals surface area (Å²) in [5, 5.41) is 15.0. The third-order valence-corrected chi connectivity index (χ3v) is 3.12. The summed E-state index contributed by atoms with van der Waals surface area (Å²) in [6.45, 7) is 0. The van der Waals surface area contributed by atoms with Gasteiger partial charge in [-0.25, -0.2) is 0 Å². The molecule has 1 saturated carbocycles. The van der Waals surface area contributed by atoms with Gasteiger partial charge in [0.1, 0.15) is 11.3 Å². The van der Waals surface area contributed by atoms with E-state index in [9.17, 15) is 14.7 Å². The first-order chi connectivity index (χ1) is 7.15. The Labute approximate surface area is 87.5 Å². The first kappa shape index (κ1) is 10.0. The third kappa shape index (κ3) is 1.48. The first-order valence-electron chi connectivity index (χ1n) is 5.11. The number of hydrogen-bond acceptors (Lipinski definition) is 3. The summed E-state index contributed by atoms with van der Waals surface area (Å²) in [6, 6.07) is 0.00547. The summed E-state index contributed by atoms with van der Waals surface area (Å²) in [7, 11) is 1.44. The Bertz CT molecular complexity index is 349. The highest BCUT2D eigenvalue weighted by Crippen LogP contribution is 2.34. The SMILES string of the molecule is CNC(=O)C1=C(O)C2CCCC2NC1=O. The molecule has 0 aromatic heterocycles. The molecule has 1 aliphatic carbocycles. The fourth-order valence-corrected chi connectivity index (χ4v) is 2.35. The van der Waals surface area contributed by atoms with Gasteiger partial charge in [-0.05, 0) is 12.8 Å². The Morgan fingerprint density at radius 3 is 2.93 bits per heavy atom. The Balaban J connectivity index is 2.37. The summed E-state index contributed by atoms with van der Waals surface area (Å²) >= 11 is 0. The number of likely N-dealkylation sites (N-methyl/N-ethyl adjacent to an activating group) is 1. The van der Waals surface area contributed by atoms with E-state index in [-0.39, 0.29) is 23.3 Å². The van der Waals surface area contributed by atoms with Crippen molar-refractivity contribution >= 4 is 11.8 Å². The van der Waals surface area contributed by atoms with Crippen molar-refractivity contribution in [2.45, 2.75) is 25.3 Å². The van der Waals surface area contributed by atoms with Crippen LogP contribution in [-0.2, 0) is 9.59 Å². The summed E-state index contributed by atoms with van der Waals surface area (Å²) in [4.78, 5) is 22.9. The van der Waals surface area contributed by atoms with Crippen LogP contribution in [0.5, 0.6) is 0 Å². The molecule has 2 atom stereocenters. The fraction of sp³-hybridized carbons (Fsp3) is 0.600. The lowest BCUT2D eigenvalue weighted by Crippen LogP contribution is -2.47. The molecule has 5 heteroatoms. The highest BCUT2D eigenvalue weighted by atomic mass is 16.3. The number of rotatable bonds is 1. The maximum Gasteiger partial charge on any atom is 0.260 e. The maximum atomic E-state index is 11.6. The second-order valence-corrected chi connectivity index (χ2v) is 3.96. The van der Waals surface area contributed by atoms with E-state index in [1.54, 1.807) is 0 Å². The van der Waals surface area contributed by atoms with Crippen LogP contribution in [0.1, 0.15) is 19.3 Å². The number of hydrogen-bond donors (Lipinski definition) is 3. The van der Waals surface area contributed by atoms with E-state index in [2.05, 4.69) is 10.6 Å².